The van der Waals surface area contributed by atoms with E-state index in [2.05, 4.69) is 28.1 Å². The fourth-order valence-corrected chi connectivity index (χ4v) is 6.51. The van der Waals surface area contributed by atoms with Gasteiger partial charge in [0.05, 0.1) is 16.8 Å². The number of thiophene rings is 1. The second-order valence-corrected chi connectivity index (χ2v) is 12.0. The molecule has 1 saturated heterocycles. The number of hydrogen-bond donors (Lipinski definition) is 1. The molecule has 35 heavy (non-hydrogen) atoms. The minimum atomic E-state index is -0.485. The number of carbonyl (C=O) groups excluding carboxylic acids is 1. The van der Waals surface area contributed by atoms with Crippen molar-refractivity contribution in [2.75, 3.05) is 24.5 Å². The average Bonchev–Trinajstić information content (AvgIpc) is 3.26. The number of anilines is 1. The van der Waals surface area contributed by atoms with Crippen LogP contribution in [0.15, 0.2) is 30.5 Å². The minimum absolute atomic E-state index is 0.0104. The lowest BCUT2D eigenvalue weighted by Crippen LogP contribution is -2.49. The fraction of sp³-hybridized carbons (Fsp3) is 0.481. The second kappa shape index (κ2) is 9.60. The molecule has 2 aliphatic rings. The summed E-state index contributed by atoms with van der Waals surface area (Å²) in [6.45, 7) is 8.10. The Kier molecular flexibility index (Phi) is 6.68. The number of carbonyl (C=O) groups is 1. The quantitative estimate of drug-likeness (QED) is 0.447. The molecule has 0 unspecified atom stereocenters. The van der Waals surface area contributed by atoms with Gasteiger partial charge in [-0.1, -0.05) is 11.6 Å². The Balaban J connectivity index is 1.48. The van der Waals surface area contributed by atoms with E-state index in [1.165, 1.54) is 11.3 Å². The molecule has 0 bridgehead atoms. The Morgan fingerprint density at radius 3 is 2.69 bits per heavy atom. The number of hydrogen-bond acceptors (Lipinski definition) is 6. The van der Waals surface area contributed by atoms with E-state index >= 15 is 0 Å². The molecule has 4 heterocycles. The highest BCUT2D eigenvalue weighted by molar-refractivity contribution is 7.19. The maximum Gasteiger partial charge on any atom is 0.410 e. The summed E-state index contributed by atoms with van der Waals surface area (Å²) in [6, 6.07) is 8.55. The summed E-state index contributed by atoms with van der Waals surface area (Å²) in [4.78, 5) is 22.4. The molecule has 1 N–H and O–H groups in total. The van der Waals surface area contributed by atoms with Crippen molar-refractivity contribution in [1.29, 1.82) is 0 Å². The molecule has 2 aromatic heterocycles. The van der Waals surface area contributed by atoms with Crippen molar-refractivity contribution in [2.45, 2.75) is 64.7 Å². The number of benzene rings is 1. The summed E-state index contributed by atoms with van der Waals surface area (Å²) < 4.78 is 6.67. The van der Waals surface area contributed by atoms with Crippen molar-refractivity contribution in [3.63, 3.8) is 0 Å². The smallest absolute Gasteiger partial charge is 0.410 e. The van der Waals surface area contributed by atoms with Crippen LogP contribution >= 0.6 is 22.9 Å². The monoisotopic (exact) mass is 513 g/mol. The van der Waals surface area contributed by atoms with Crippen LogP contribution in [0.1, 0.15) is 50.5 Å². The standard InChI is InChI=1S/C27H32ClN3O3S/c1-27(2,3)34-26(33)30-11-7-19(8-12-30)31-10-4-5-17-13-18(28)14-22(24(17)31)21-6-9-29-23-15-20(16-32)35-25(21)23/h6,9,13-15,19,32H,4-5,7-8,10-12,16H2,1-3H3. The van der Waals surface area contributed by atoms with Crippen molar-refractivity contribution in [1.82, 2.24) is 9.88 Å². The molecular formula is C27H32ClN3O3S. The number of aliphatic hydroxyl groups excluding tert-OH is 1. The maximum atomic E-state index is 12.6. The van der Waals surface area contributed by atoms with Gasteiger partial charge in [-0.25, -0.2) is 4.79 Å². The van der Waals surface area contributed by atoms with Crippen molar-refractivity contribution in [2.24, 2.45) is 0 Å². The molecule has 1 fully saturated rings. The Bertz CT molecular complexity index is 1240. The van der Waals surface area contributed by atoms with Gasteiger partial charge in [0.25, 0.3) is 0 Å². The number of piperidine rings is 1. The molecule has 186 valence electrons. The summed E-state index contributed by atoms with van der Waals surface area (Å²) in [6.07, 6.45) is 5.50. The van der Waals surface area contributed by atoms with E-state index in [4.69, 9.17) is 16.3 Å². The number of halogens is 1. The van der Waals surface area contributed by atoms with Crippen LogP contribution in [-0.4, -0.2) is 52.4 Å². The summed E-state index contributed by atoms with van der Waals surface area (Å²) in [5, 5.41) is 10.4. The fourth-order valence-electron chi connectivity index (χ4n) is 5.27. The van der Waals surface area contributed by atoms with Crippen LogP contribution in [-0.2, 0) is 17.8 Å². The van der Waals surface area contributed by atoms with Crippen LogP contribution in [0.25, 0.3) is 21.3 Å². The molecule has 1 amide bonds. The van der Waals surface area contributed by atoms with Crippen molar-refractivity contribution >= 4 is 44.9 Å². The molecule has 0 aliphatic carbocycles. The van der Waals surface area contributed by atoms with Crippen LogP contribution < -0.4 is 4.90 Å². The predicted molar refractivity (Wildman–Crippen MR) is 142 cm³/mol. The molecule has 6 nitrogen and oxygen atoms in total. The van der Waals surface area contributed by atoms with Crippen molar-refractivity contribution in [3.05, 3.63) is 45.9 Å². The van der Waals surface area contributed by atoms with Crippen LogP contribution in [0.5, 0.6) is 0 Å². The first kappa shape index (κ1) is 24.3. The van der Waals surface area contributed by atoms with E-state index in [-0.39, 0.29) is 12.7 Å². The van der Waals surface area contributed by atoms with Crippen molar-refractivity contribution in [3.8, 4) is 11.1 Å². The first-order chi connectivity index (χ1) is 16.7. The number of fused-ring (bicyclic) bond motifs is 2. The van der Waals surface area contributed by atoms with Gasteiger partial charge in [-0.05, 0) is 76.3 Å². The molecule has 3 aromatic rings. The second-order valence-electron chi connectivity index (χ2n) is 10.4. The predicted octanol–water partition coefficient (Wildman–Crippen LogP) is 6.26. The van der Waals surface area contributed by atoms with Gasteiger partial charge in [0.2, 0.25) is 0 Å². The summed E-state index contributed by atoms with van der Waals surface area (Å²) in [5.74, 6) is 0. The van der Waals surface area contributed by atoms with E-state index < -0.39 is 5.60 Å². The SMILES string of the molecule is CC(C)(C)OC(=O)N1CCC(N2CCCc3cc(Cl)cc(-c4ccnc5cc(CO)sc45)c32)CC1. The third-order valence-corrected chi connectivity index (χ3v) is 8.11. The maximum absolute atomic E-state index is 12.6. The number of nitrogens with zero attached hydrogens (tertiary/aromatic N) is 3. The lowest BCUT2D eigenvalue weighted by Gasteiger charge is -2.43. The number of ether oxygens (including phenoxy) is 1. The summed E-state index contributed by atoms with van der Waals surface area (Å²) >= 11 is 8.21. The molecule has 0 spiro atoms. The third kappa shape index (κ3) is 4.99. The first-order valence-corrected chi connectivity index (χ1v) is 13.5. The number of amides is 1. The average molecular weight is 514 g/mol. The van der Waals surface area contributed by atoms with Gasteiger partial charge < -0.3 is 19.6 Å². The Morgan fingerprint density at radius 1 is 1.20 bits per heavy atom. The molecular weight excluding hydrogens is 482 g/mol. The van der Waals surface area contributed by atoms with Gasteiger partial charge in [-0.2, -0.15) is 0 Å². The largest absolute Gasteiger partial charge is 0.444 e. The summed E-state index contributed by atoms with van der Waals surface area (Å²) in [7, 11) is 0. The van der Waals surface area contributed by atoms with Crippen LogP contribution in [0.4, 0.5) is 10.5 Å². The lowest BCUT2D eigenvalue weighted by atomic mass is 9.91. The molecule has 8 heteroatoms. The number of likely N-dealkylation sites (tertiary alicyclic amines) is 1. The van der Waals surface area contributed by atoms with E-state index in [0.717, 1.165) is 63.5 Å². The highest BCUT2D eigenvalue weighted by Gasteiger charge is 2.33. The van der Waals surface area contributed by atoms with E-state index in [1.807, 2.05) is 37.9 Å². The van der Waals surface area contributed by atoms with Gasteiger partial charge in [0, 0.05) is 58.6 Å². The topological polar surface area (TPSA) is 65.9 Å². The molecule has 0 saturated carbocycles. The van der Waals surface area contributed by atoms with Gasteiger partial charge in [-0.15, -0.1) is 11.3 Å². The van der Waals surface area contributed by atoms with Crippen LogP contribution in [0, 0.1) is 0 Å². The molecule has 0 radical (unpaired) electrons. The van der Waals surface area contributed by atoms with Gasteiger partial charge in [0.15, 0.2) is 0 Å². The van der Waals surface area contributed by atoms with E-state index in [1.54, 1.807) is 11.3 Å². The number of rotatable bonds is 3. The normalized spacial score (nSPS) is 17.1. The Hall–Kier alpha value is -2.35. The highest BCUT2D eigenvalue weighted by Crippen LogP contribution is 2.45. The Morgan fingerprint density at radius 2 is 1.97 bits per heavy atom. The van der Waals surface area contributed by atoms with Crippen LogP contribution in [0.3, 0.4) is 0 Å². The highest BCUT2D eigenvalue weighted by atomic mass is 35.5. The molecule has 2 aliphatic heterocycles. The van der Waals surface area contributed by atoms with Gasteiger partial charge >= 0.3 is 6.09 Å². The molecule has 1 aromatic carbocycles. The van der Waals surface area contributed by atoms with Gasteiger partial charge in [-0.3, -0.25) is 4.98 Å². The summed E-state index contributed by atoms with van der Waals surface area (Å²) in [5.41, 5.74) is 5.18. The zero-order valence-corrected chi connectivity index (χ0v) is 22.1. The van der Waals surface area contributed by atoms with E-state index in [9.17, 15) is 9.90 Å². The molecule has 0 atom stereocenters. The number of aryl methyl sites for hydroxylation is 1. The zero-order chi connectivity index (χ0) is 24.7. The zero-order valence-electron chi connectivity index (χ0n) is 20.5. The Labute approximate surface area is 215 Å². The van der Waals surface area contributed by atoms with E-state index in [0.29, 0.717) is 19.1 Å². The van der Waals surface area contributed by atoms with Crippen molar-refractivity contribution < 1.29 is 14.6 Å². The minimum Gasteiger partial charge on any atom is -0.444 e. The van der Waals surface area contributed by atoms with Crippen LogP contribution in [0.2, 0.25) is 5.02 Å². The number of pyridine rings is 1. The number of aliphatic hydroxyl groups is 1. The first-order valence-electron chi connectivity index (χ1n) is 12.3. The van der Waals surface area contributed by atoms with Gasteiger partial charge in [0.1, 0.15) is 5.60 Å². The third-order valence-electron chi connectivity index (χ3n) is 6.75. The number of aromatic nitrogens is 1. The lowest BCUT2D eigenvalue weighted by molar-refractivity contribution is 0.0204. The molecule has 5 rings (SSSR count).